The van der Waals surface area contributed by atoms with Crippen molar-refractivity contribution >= 4 is 0 Å². The molecule has 118 valence electrons. The Bertz CT molecular complexity index is 461. The number of ether oxygens (including phenoxy) is 1. The number of nitrogens with zero attached hydrogens (tertiary/aromatic N) is 1. The number of hydrogen-bond acceptors (Lipinski definition) is 3. The van der Waals surface area contributed by atoms with Gasteiger partial charge in [0.2, 0.25) is 0 Å². The van der Waals surface area contributed by atoms with Crippen LogP contribution in [0.15, 0.2) is 18.2 Å². The molecule has 3 atom stereocenters. The molecule has 0 spiro atoms. The largest absolute Gasteiger partial charge is 0.496 e. The van der Waals surface area contributed by atoms with E-state index < -0.39 is 0 Å². The van der Waals surface area contributed by atoms with Crippen molar-refractivity contribution in [3.63, 3.8) is 0 Å². The summed E-state index contributed by atoms with van der Waals surface area (Å²) in [5.74, 6) is 0.977. The summed E-state index contributed by atoms with van der Waals surface area (Å²) in [6, 6.07) is 8.29. The minimum absolute atomic E-state index is 0.454. The van der Waals surface area contributed by atoms with Gasteiger partial charge in [-0.1, -0.05) is 26.0 Å². The Morgan fingerprint density at radius 3 is 2.67 bits per heavy atom. The van der Waals surface area contributed by atoms with Crippen LogP contribution in [0.2, 0.25) is 0 Å². The van der Waals surface area contributed by atoms with Crippen LogP contribution in [0.4, 0.5) is 0 Å². The minimum Gasteiger partial charge on any atom is -0.496 e. The normalized spacial score (nSPS) is 24.8. The topological polar surface area (TPSA) is 24.5 Å². The molecule has 3 heteroatoms. The average molecular weight is 290 g/mol. The van der Waals surface area contributed by atoms with Crippen molar-refractivity contribution in [2.24, 2.45) is 0 Å². The summed E-state index contributed by atoms with van der Waals surface area (Å²) in [5, 5.41) is 3.67. The van der Waals surface area contributed by atoms with Crippen LogP contribution < -0.4 is 10.1 Å². The van der Waals surface area contributed by atoms with Crippen LogP contribution in [0.5, 0.6) is 5.75 Å². The van der Waals surface area contributed by atoms with E-state index in [-0.39, 0.29) is 0 Å². The lowest BCUT2D eigenvalue weighted by atomic mass is 9.98. The number of piperazine rings is 1. The fourth-order valence-electron chi connectivity index (χ4n) is 3.37. The highest BCUT2D eigenvalue weighted by atomic mass is 16.5. The summed E-state index contributed by atoms with van der Waals surface area (Å²) in [6.45, 7) is 11.3. The monoisotopic (exact) mass is 290 g/mol. The smallest absolute Gasteiger partial charge is 0.121 e. The highest BCUT2D eigenvalue weighted by molar-refractivity contribution is 5.37. The van der Waals surface area contributed by atoms with E-state index in [9.17, 15) is 0 Å². The molecule has 3 nitrogen and oxygen atoms in total. The Kier molecular flexibility index (Phi) is 5.65. The number of nitrogens with one attached hydrogen (secondary N) is 1. The van der Waals surface area contributed by atoms with Gasteiger partial charge in [0, 0.05) is 31.2 Å². The Hall–Kier alpha value is -1.06. The van der Waals surface area contributed by atoms with Gasteiger partial charge in [0.25, 0.3) is 0 Å². The van der Waals surface area contributed by atoms with Crippen molar-refractivity contribution in [1.29, 1.82) is 0 Å². The van der Waals surface area contributed by atoms with Crippen LogP contribution in [-0.4, -0.2) is 37.2 Å². The van der Waals surface area contributed by atoms with Gasteiger partial charge in [-0.3, -0.25) is 4.90 Å². The number of benzene rings is 1. The molecule has 1 aliphatic heterocycles. The van der Waals surface area contributed by atoms with Gasteiger partial charge < -0.3 is 10.1 Å². The first-order valence-corrected chi connectivity index (χ1v) is 8.24. The molecule has 1 aromatic carbocycles. The van der Waals surface area contributed by atoms with E-state index in [1.54, 1.807) is 7.11 Å². The molecule has 0 amide bonds. The molecule has 2 rings (SSSR count). The van der Waals surface area contributed by atoms with Crippen LogP contribution in [0.25, 0.3) is 0 Å². The Labute approximate surface area is 129 Å². The van der Waals surface area contributed by atoms with Crippen molar-refractivity contribution in [3.05, 3.63) is 29.3 Å². The quantitative estimate of drug-likeness (QED) is 0.898. The van der Waals surface area contributed by atoms with Gasteiger partial charge in [-0.25, -0.2) is 0 Å². The zero-order chi connectivity index (χ0) is 15.4. The van der Waals surface area contributed by atoms with Crippen molar-refractivity contribution in [2.75, 3.05) is 20.2 Å². The maximum atomic E-state index is 5.38. The van der Waals surface area contributed by atoms with E-state index in [1.807, 2.05) is 0 Å². The van der Waals surface area contributed by atoms with Gasteiger partial charge in [-0.2, -0.15) is 0 Å². The fourth-order valence-corrected chi connectivity index (χ4v) is 3.37. The second-order valence-electron chi connectivity index (χ2n) is 6.18. The van der Waals surface area contributed by atoms with Gasteiger partial charge in [0.15, 0.2) is 0 Å². The van der Waals surface area contributed by atoms with E-state index in [4.69, 9.17) is 4.74 Å². The summed E-state index contributed by atoms with van der Waals surface area (Å²) in [4.78, 5) is 2.67. The molecular formula is C18H30N2O. The first-order chi connectivity index (χ1) is 10.1. The zero-order valence-corrected chi connectivity index (χ0v) is 14.1. The minimum atomic E-state index is 0.454. The molecule has 0 saturated carbocycles. The molecule has 1 saturated heterocycles. The molecule has 0 aromatic heterocycles. The lowest BCUT2D eigenvalue weighted by molar-refractivity contribution is 0.0850. The first kappa shape index (κ1) is 16.3. The SMILES string of the molecule is CC[C@H]1CN(C(C)c2ccc(OC)c(C)c2)[C@H](CC)CN1. The van der Waals surface area contributed by atoms with E-state index in [1.165, 1.54) is 24.0 Å². The second-order valence-corrected chi connectivity index (χ2v) is 6.18. The van der Waals surface area contributed by atoms with Gasteiger partial charge in [0.05, 0.1) is 7.11 Å². The van der Waals surface area contributed by atoms with Crippen LogP contribution in [0.1, 0.15) is 50.8 Å². The predicted octanol–water partition coefficient (Wildman–Crippen LogP) is 3.53. The molecule has 0 radical (unpaired) electrons. The van der Waals surface area contributed by atoms with Crippen molar-refractivity contribution in [1.82, 2.24) is 10.2 Å². The highest BCUT2D eigenvalue weighted by Gasteiger charge is 2.30. The molecule has 1 aromatic rings. The van der Waals surface area contributed by atoms with Crippen LogP contribution in [0.3, 0.4) is 0 Å². The zero-order valence-electron chi connectivity index (χ0n) is 14.1. The molecule has 1 N–H and O–H groups in total. The third kappa shape index (κ3) is 3.58. The molecule has 0 bridgehead atoms. The lowest BCUT2D eigenvalue weighted by Crippen LogP contribution is -2.56. The molecule has 1 fully saturated rings. The van der Waals surface area contributed by atoms with Crippen molar-refractivity contribution in [3.8, 4) is 5.75 Å². The maximum Gasteiger partial charge on any atom is 0.121 e. The van der Waals surface area contributed by atoms with Crippen molar-refractivity contribution in [2.45, 2.75) is 58.7 Å². The molecule has 1 heterocycles. The molecule has 1 aliphatic rings. The van der Waals surface area contributed by atoms with Crippen molar-refractivity contribution < 1.29 is 4.74 Å². The number of aryl methyl sites for hydroxylation is 1. The molecule has 0 aliphatic carbocycles. The predicted molar refractivity (Wildman–Crippen MR) is 89.0 cm³/mol. The highest BCUT2D eigenvalue weighted by Crippen LogP contribution is 2.29. The van der Waals surface area contributed by atoms with Gasteiger partial charge in [0.1, 0.15) is 5.75 Å². The number of rotatable bonds is 5. The van der Waals surface area contributed by atoms with E-state index in [2.05, 4.69) is 56.1 Å². The first-order valence-electron chi connectivity index (χ1n) is 8.24. The van der Waals surface area contributed by atoms with Crippen LogP contribution in [-0.2, 0) is 0 Å². The summed E-state index contributed by atoms with van der Waals surface area (Å²) in [6.07, 6.45) is 2.39. The van der Waals surface area contributed by atoms with Crippen LogP contribution >= 0.6 is 0 Å². The van der Waals surface area contributed by atoms with E-state index in [0.29, 0.717) is 18.1 Å². The second kappa shape index (κ2) is 7.28. The number of methoxy groups -OCH3 is 1. The standard InChI is InChI=1S/C18H30N2O/c1-6-16-12-20(17(7-2)11-19-16)14(4)15-8-9-18(21-5)13(3)10-15/h8-10,14,16-17,19H,6-7,11-12H2,1-5H3/t14?,16-,17+/m0/s1. The third-order valence-corrected chi connectivity index (χ3v) is 4.91. The Morgan fingerprint density at radius 2 is 2.10 bits per heavy atom. The van der Waals surface area contributed by atoms with Crippen LogP contribution in [0, 0.1) is 6.92 Å². The maximum absolute atomic E-state index is 5.38. The van der Waals surface area contributed by atoms with Gasteiger partial charge in [-0.15, -0.1) is 0 Å². The molecule has 1 unspecified atom stereocenters. The number of hydrogen-bond donors (Lipinski definition) is 1. The Balaban J connectivity index is 2.19. The van der Waals surface area contributed by atoms with Gasteiger partial charge in [-0.05, 0) is 43.9 Å². The third-order valence-electron chi connectivity index (χ3n) is 4.91. The Morgan fingerprint density at radius 1 is 1.33 bits per heavy atom. The fraction of sp³-hybridized carbons (Fsp3) is 0.667. The van der Waals surface area contributed by atoms with E-state index >= 15 is 0 Å². The summed E-state index contributed by atoms with van der Waals surface area (Å²) in [7, 11) is 1.74. The molecule has 21 heavy (non-hydrogen) atoms. The van der Waals surface area contributed by atoms with E-state index in [0.717, 1.165) is 18.8 Å². The van der Waals surface area contributed by atoms with Gasteiger partial charge >= 0.3 is 0 Å². The lowest BCUT2D eigenvalue weighted by Gasteiger charge is -2.43. The molecular weight excluding hydrogens is 260 g/mol. The summed E-state index contributed by atoms with van der Waals surface area (Å²) >= 11 is 0. The summed E-state index contributed by atoms with van der Waals surface area (Å²) < 4.78 is 5.38. The summed E-state index contributed by atoms with van der Waals surface area (Å²) in [5.41, 5.74) is 2.61. The average Bonchev–Trinajstić information content (AvgIpc) is 2.53.